The molecule has 0 aliphatic heterocycles. The monoisotopic (exact) mass is 428 g/mol. The molecule has 5 heteroatoms. The summed E-state index contributed by atoms with van der Waals surface area (Å²) in [5.41, 5.74) is 2.00. The first-order chi connectivity index (χ1) is 14.9. The number of carboxylic acid groups (broad SMARTS) is 1. The van der Waals surface area contributed by atoms with Crippen molar-refractivity contribution < 1.29 is 9.90 Å². The highest BCUT2D eigenvalue weighted by atomic mass is 32.1. The van der Waals surface area contributed by atoms with Crippen LogP contribution in [0.1, 0.15) is 36.2 Å². The van der Waals surface area contributed by atoms with Crippen LogP contribution in [-0.2, 0) is 15.7 Å². The van der Waals surface area contributed by atoms with Gasteiger partial charge in [0.25, 0.3) is 0 Å². The van der Waals surface area contributed by atoms with Crippen molar-refractivity contribution in [1.29, 1.82) is 0 Å². The van der Waals surface area contributed by atoms with E-state index in [0.717, 1.165) is 16.7 Å². The molecule has 0 bridgehead atoms. The molecule has 1 heterocycles. The van der Waals surface area contributed by atoms with Crippen molar-refractivity contribution in [3.05, 3.63) is 119 Å². The van der Waals surface area contributed by atoms with Gasteiger partial charge in [0.15, 0.2) is 5.13 Å². The molecule has 4 aromatic rings. The summed E-state index contributed by atoms with van der Waals surface area (Å²) in [6.45, 7) is 3.35. The van der Waals surface area contributed by atoms with Crippen LogP contribution in [0.3, 0.4) is 0 Å². The standard InChI is InChI=1S/C26H24N2O2S/c1-25(2,23(29)30)22-18-31-24(27-22)28-26(19-12-6-3-7-13-19,20-14-8-4-9-15-20)21-16-10-5-11-17-21/h3-18H,1-2H3,(H,27,28)(H,29,30). The predicted octanol–water partition coefficient (Wildman–Crippen LogP) is 5.91. The number of benzene rings is 3. The third kappa shape index (κ3) is 3.84. The number of hydrogen-bond donors (Lipinski definition) is 2. The normalized spacial score (nSPS) is 11.8. The predicted molar refractivity (Wildman–Crippen MR) is 126 cm³/mol. The Balaban J connectivity index is 1.92. The number of hydrogen-bond acceptors (Lipinski definition) is 4. The van der Waals surface area contributed by atoms with Gasteiger partial charge in [0.2, 0.25) is 0 Å². The van der Waals surface area contributed by atoms with Crippen molar-refractivity contribution in [3.63, 3.8) is 0 Å². The average Bonchev–Trinajstić information content (AvgIpc) is 3.28. The number of carboxylic acids is 1. The molecule has 2 N–H and O–H groups in total. The zero-order chi connectivity index (χ0) is 21.9. The van der Waals surface area contributed by atoms with Crippen molar-refractivity contribution in [2.45, 2.75) is 24.8 Å². The van der Waals surface area contributed by atoms with Gasteiger partial charge in [0.1, 0.15) is 11.0 Å². The summed E-state index contributed by atoms with van der Waals surface area (Å²) in [6.07, 6.45) is 0. The molecule has 1 aromatic heterocycles. The van der Waals surface area contributed by atoms with Crippen molar-refractivity contribution in [2.24, 2.45) is 0 Å². The molecule has 3 aromatic carbocycles. The molecule has 0 saturated heterocycles. The SMILES string of the molecule is CC(C)(C(=O)O)c1csc(NC(c2ccccc2)(c2ccccc2)c2ccccc2)n1. The highest BCUT2D eigenvalue weighted by Gasteiger charge is 2.38. The van der Waals surface area contributed by atoms with Crippen LogP contribution in [-0.4, -0.2) is 16.1 Å². The molecule has 0 aliphatic rings. The Morgan fingerprint density at radius 1 is 0.806 bits per heavy atom. The summed E-state index contributed by atoms with van der Waals surface area (Å²) in [5, 5.41) is 15.8. The van der Waals surface area contributed by atoms with Gasteiger partial charge < -0.3 is 10.4 Å². The molecular formula is C26H24N2O2S. The molecule has 0 unspecified atom stereocenters. The van der Waals surface area contributed by atoms with E-state index in [1.807, 2.05) is 60.0 Å². The summed E-state index contributed by atoms with van der Waals surface area (Å²) in [7, 11) is 0. The van der Waals surface area contributed by atoms with Crippen LogP contribution in [0.25, 0.3) is 0 Å². The van der Waals surface area contributed by atoms with Crippen LogP contribution in [0.4, 0.5) is 5.13 Å². The molecule has 0 aliphatic carbocycles. The van der Waals surface area contributed by atoms with E-state index in [9.17, 15) is 9.90 Å². The number of nitrogens with one attached hydrogen (secondary N) is 1. The van der Waals surface area contributed by atoms with Gasteiger partial charge in [-0.2, -0.15) is 0 Å². The fraction of sp³-hybridized carbons (Fsp3) is 0.154. The van der Waals surface area contributed by atoms with E-state index in [0.29, 0.717) is 10.8 Å². The third-order valence-corrected chi connectivity index (χ3v) is 6.35. The first-order valence-corrected chi connectivity index (χ1v) is 11.0. The second-order valence-electron chi connectivity index (χ2n) is 7.94. The number of rotatable bonds is 7. The van der Waals surface area contributed by atoms with Crippen molar-refractivity contribution in [1.82, 2.24) is 4.98 Å². The second-order valence-corrected chi connectivity index (χ2v) is 8.80. The molecule has 0 fully saturated rings. The lowest BCUT2D eigenvalue weighted by Crippen LogP contribution is -2.38. The lowest BCUT2D eigenvalue weighted by atomic mass is 9.77. The summed E-state index contributed by atoms with van der Waals surface area (Å²) in [6, 6.07) is 30.8. The van der Waals surface area contributed by atoms with Gasteiger partial charge in [-0.3, -0.25) is 4.79 Å². The summed E-state index contributed by atoms with van der Waals surface area (Å²) >= 11 is 1.42. The molecule has 0 amide bonds. The van der Waals surface area contributed by atoms with Gasteiger partial charge in [0, 0.05) is 5.38 Å². The lowest BCUT2D eigenvalue weighted by Gasteiger charge is -2.36. The number of nitrogens with zero attached hydrogens (tertiary/aromatic N) is 1. The Labute approximate surface area is 186 Å². The maximum Gasteiger partial charge on any atom is 0.315 e. The minimum absolute atomic E-state index is 0.538. The van der Waals surface area contributed by atoms with Gasteiger partial charge in [-0.1, -0.05) is 91.0 Å². The molecule has 0 atom stereocenters. The first-order valence-electron chi connectivity index (χ1n) is 10.1. The Bertz CT molecular complexity index is 1060. The van der Waals surface area contributed by atoms with Crippen molar-refractivity contribution in [2.75, 3.05) is 5.32 Å². The molecule has 156 valence electrons. The molecule has 4 rings (SSSR count). The first kappa shape index (κ1) is 20.8. The Morgan fingerprint density at radius 3 is 1.61 bits per heavy atom. The average molecular weight is 429 g/mol. The van der Waals surface area contributed by atoms with Crippen molar-refractivity contribution in [3.8, 4) is 0 Å². The lowest BCUT2D eigenvalue weighted by molar-refractivity contribution is -0.142. The number of anilines is 1. The van der Waals surface area contributed by atoms with Crippen LogP contribution >= 0.6 is 11.3 Å². The highest BCUT2D eigenvalue weighted by molar-refractivity contribution is 7.13. The Kier molecular flexibility index (Phi) is 5.61. The van der Waals surface area contributed by atoms with Crippen LogP contribution in [0.2, 0.25) is 0 Å². The van der Waals surface area contributed by atoms with Gasteiger partial charge in [-0.15, -0.1) is 11.3 Å². The quantitative estimate of drug-likeness (QED) is 0.359. The van der Waals surface area contributed by atoms with E-state index in [2.05, 4.69) is 41.7 Å². The summed E-state index contributed by atoms with van der Waals surface area (Å²) in [4.78, 5) is 16.4. The maximum absolute atomic E-state index is 11.7. The van der Waals surface area contributed by atoms with Crippen molar-refractivity contribution >= 4 is 22.4 Å². The summed E-state index contributed by atoms with van der Waals surface area (Å²) in [5.74, 6) is -0.898. The number of thiazole rings is 1. The molecule has 31 heavy (non-hydrogen) atoms. The number of carbonyl (C=O) groups is 1. The van der Waals surface area contributed by atoms with E-state index < -0.39 is 16.9 Å². The van der Waals surface area contributed by atoms with Gasteiger partial charge in [0.05, 0.1) is 5.69 Å². The van der Waals surface area contributed by atoms with E-state index >= 15 is 0 Å². The summed E-state index contributed by atoms with van der Waals surface area (Å²) < 4.78 is 0. The maximum atomic E-state index is 11.7. The number of aliphatic carboxylic acids is 1. The van der Waals surface area contributed by atoms with Crippen LogP contribution in [0, 0.1) is 0 Å². The van der Waals surface area contributed by atoms with Gasteiger partial charge >= 0.3 is 5.97 Å². The Morgan fingerprint density at radius 2 is 1.23 bits per heavy atom. The van der Waals surface area contributed by atoms with E-state index in [-0.39, 0.29) is 0 Å². The van der Waals surface area contributed by atoms with Crippen LogP contribution in [0.5, 0.6) is 0 Å². The minimum Gasteiger partial charge on any atom is -0.481 e. The van der Waals surface area contributed by atoms with Gasteiger partial charge in [-0.05, 0) is 30.5 Å². The topological polar surface area (TPSA) is 62.2 Å². The number of aromatic nitrogens is 1. The molecule has 0 saturated carbocycles. The highest BCUT2D eigenvalue weighted by Crippen LogP contribution is 2.41. The Hall–Kier alpha value is -3.44. The van der Waals surface area contributed by atoms with Crippen LogP contribution in [0.15, 0.2) is 96.4 Å². The zero-order valence-electron chi connectivity index (χ0n) is 17.4. The second kappa shape index (κ2) is 8.36. The molecular weight excluding hydrogens is 404 g/mol. The fourth-order valence-electron chi connectivity index (χ4n) is 3.67. The smallest absolute Gasteiger partial charge is 0.315 e. The van der Waals surface area contributed by atoms with E-state index in [4.69, 9.17) is 4.98 Å². The van der Waals surface area contributed by atoms with E-state index in [1.54, 1.807) is 13.8 Å². The molecule has 4 nitrogen and oxygen atoms in total. The zero-order valence-corrected chi connectivity index (χ0v) is 18.3. The largest absolute Gasteiger partial charge is 0.481 e. The fourth-order valence-corrected chi connectivity index (χ4v) is 4.60. The molecule has 0 spiro atoms. The van der Waals surface area contributed by atoms with Crippen LogP contribution < -0.4 is 5.32 Å². The molecule has 0 radical (unpaired) electrons. The minimum atomic E-state index is -1.06. The van der Waals surface area contributed by atoms with Gasteiger partial charge in [-0.25, -0.2) is 4.98 Å². The van der Waals surface area contributed by atoms with E-state index in [1.165, 1.54) is 11.3 Å². The third-order valence-electron chi connectivity index (χ3n) is 5.59.